The van der Waals surface area contributed by atoms with Crippen molar-refractivity contribution >= 4 is 16.7 Å². The molecule has 2 aromatic rings. The Morgan fingerprint density at radius 2 is 1.96 bits per heavy atom. The topological polar surface area (TPSA) is 56.6 Å². The quantitative estimate of drug-likeness (QED) is 0.711. The molecule has 28 heavy (non-hydrogen) atoms. The number of benzene rings is 1. The van der Waals surface area contributed by atoms with Gasteiger partial charge in [0.05, 0.1) is 23.9 Å². The molecule has 1 aromatic heterocycles. The van der Waals surface area contributed by atoms with E-state index < -0.39 is 0 Å². The molecule has 1 aliphatic carbocycles. The molecule has 2 aliphatic rings. The molecule has 0 radical (unpaired) electrons. The number of anilines is 1. The lowest BCUT2D eigenvalue weighted by atomic mass is 10.1. The van der Waals surface area contributed by atoms with Gasteiger partial charge in [0.15, 0.2) is 0 Å². The van der Waals surface area contributed by atoms with Gasteiger partial charge in [-0.05, 0) is 45.1 Å². The summed E-state index contributed by atoms with van der Waals surface area (Å²) < 4.78 is 13.8. The Bertz CT molecular complexity index is 867. The maximum absolute atomic E-state index is 12.2. The smallest absolute Gasteiger partial charge is 0.269 e. The Hall–Kier alpha value is -2.08. The summed E-state index contributed by atoms with van der Waals surface area (Å²) in [6.45, 7) is 4.78. The third-order valence-corrected chi connectivity index (χ3v) is 6.08. The van der Waals surface area contributed by atoms with E-state index in [1.54, 1.807) is 11.6 Å². The minimum atomic E-state index is -0.110. The molecule has 4 rings (SSSR count). The molecule has 152 valence electrons. The fourth-order valence-electron chi connectivity index (χ4n) is 4.24. The third-order valence-electron chi connectivity index (χ3n) is 6.08. The summed E-state index contributed by atoms with van der Waals surface area (Å²) in [4.78, 5) is 19.0. The van der Waals surface area contributed by atoms with Crippen molar-refractivity contribution < 1.29 is 9.47 Å². The first-order chi connectivity index (χ1) is 13.7. The highest BCUT2D eigenvalue weighted by Crippen LogP contribution is 2.33. The number of nitrogens with zero attached hydrogens (tertiary/aromatic N) is 3. The first-order valence-electron chi connectivity index (χ1n) is 10.7. The molecule has 0 bridgehead atoms. The SMILES string of the molecule is CCN(CC1CCO1)c1cc(OC2CCCCCC2)c2c(c1)ncc(=O)n2C. The van der Waals surface area contributed by atoms with Crippen LogP contribution in [0.15, 0.2) is 23.1 Å². The summed E-state index contributed by atoms with van der Waals surface area (Å²) in [7, 11) is 1.80. The number of fused-ring (bicyclic) bond motifs is 1. The van der Waals surface area contributed by atoms with Crippen LogP contribution in [0, 0.1) is 0 Å². The average molecular weight is 386 g/mol. The fraction of sp³-hybridized carbons (Fsp3) is 0.636. The highest BCUT2D eigenvalue weighted by atomic mass is 16.5. The van der Waals surface area contributed by atoms with Crippen LogP contribution in [0.2, 0.25) is 0 Å². The van der Waals surface area contributed by atoms with Gasteiger partial charge in [0.25, 0.3) is 5.56 Å². The second-order valence-corrected chi connectivity index (χ2v) is 8.02. The number of likely N-dealkylation sites (N-methyl/N-ethyl adjacent to an activating group) is 1. The van der Waals surface area contributed by atoms with Gasteiger partial charge >= 0.3 is 0 Å². The number of rotatable bonds is 6. The highest BCUT2D eigenvalue weighted by Gasteiger charge is 2.23. The van der Waals surface area contributed by atoms with E-state index >= 15 is 0 Å². The van der Waals surface area contributed by atoms with Gasteiger partial charge in [-0.3, -0.25) is 4.79 Å². The Kier molecular flexibility index (Phi) is 5.85. The van der Waals surface area contributed by atoms with E-state index in [1.165, 1.54) is 31.9 Å². The summed E-state index contributed by atoms with van der Waals surface area (Å²) in [5.74, 6) is 0.778. The Labute approximate surface area is 166 Å². The van der Waals surface area contributed by atoms with Crippen LogP contribution < -0.4 is 15.2 Å². The molecular weight excluding hydrogens is 354 g/mol. The molecule has 1 aliphatic heterocycles. The van der Waals surface area contributed by atoms with Crippen LogP contribution in [-0.2, 0) is 11.8 Å². The summed E-state index contributed by atoms with van der Waals surface area (Å²) >= 11 is 0. The van der Waals surface area contributed by atoms with Crippen molar-refractivity contribution in [2.75, 3.05) is 24.6 Å². The van der Waals surface area contributed by atoms with Gasteiger partial charge in [0.1, 0.15) is 11.3 Å². The lowest BCUT2D eigenvalue weighted by molar-refractivity contribution is -0.0444. The first kappa shape index (κ1) is 19.2. The van der Waals surface area contributed by atoms with Gasteiger partial charge in [0.2, 0.25) is 0 Å². The van der Waals surface area contributed by atoms with E-state index in [9.17, 15) is 4.79 Å². The minimum Gasteiger partial charge on any atom is -0.488 e. The van der Waals surface area contributed by atoms with E-state index in [4.69, 9.17) is 9.47 Å². The summed E-state index contributed by atoms with van der Waals surface area (Å²) in [6.07, 6.45) is 10.2. The van der Waals surface area contributed by atoms with Gasteiger partial charge in [0, 0.05) is 38.5 Å². The molecule has 6 nitrogen and oxygen atoms in total. The van der Waals surface area contributed by atoms with E-state index in [2.05, 4.69) is 28.9 Å². The van der Waals surface area contributed by atoms with E-state index in [0.717, 1.165) is 61.4 Å². The molecule has 1 unspecified atom stereocenters. The van der Waals surface area contributed by atoms with Crippen LogP contribution in [-0.4, -0.2) is 41.5 Å². The second-order valence-electron chi connectivity index (χ2n) is 8.02. The van der Waals surface area contributed by atoms with E-state index in [0.29, 0.717) is 6.10 Å². The van der Waals surface area contributed by atoms with Gasteiger partial charge in [-0.15, -0.1) is 0 Å². The van der Waals surface area contributed by atoms with Crippen LogP contribution in [0.4, 0.5) is 5.69 Å². The number of hydrogen-bond acceptors (Lipinski definition) is 5. The lowest BCUT2D eigenvalue weighted by Crippen LogP contribution is -2.40. The van der Waals surface area contributed by atoms with Gasteiger partial charge in [-0.25, -0.2) is 4.98 Å². The number of aryl methyl sites for hydroxylation is 1. The predicted molar refractivity (Wildman–Crippen MR) is 111 cm³/mol. The van der Waals surface area contributed by atoms with Crippen LogP contribution in [0.1, 0.15) is 51.9 Å². The van der Waals surface area contributed by atoms with E-state index in [1.807, 2.05) is 0 Å². The highest BCUT2D eigenvalue weighted by molar-refractivity contribution is 5.85. The van der Waals surface area contributed by atoms with Crippen LogP contribution in [0.25, 0.3) is 11.0 Å². The van der Waals surface area contributed by atoms with Crippen molar-refractivity contribution in [3.8, 4) is 5.75 Å². The van der Waals surface area contributed by atoms with Crippen molar-refractivity contribution in [2.45, 2.75) is 64.1 Å². The molecule has 0 spiro atoms. The Morgan fingerprint density at radius 1 is 1.21 bits per heavy atom. The molecule has 0 N–H and O–H groups in total. The van der Waals surface area contributed by atoms with Crippen molar-refractivity contribution in [1.29, 1.82) is 0 Å². The summed E-state index contributed by atoms with van der Waals surface area (Å²) in [5.41, 5.74) is 2.56. The maximum atomic E-state index is 12.2. The summed E-state index contributed by atoms with van der Waals surface area (Å²) in [6, 6.07) is 4.16. The molecule has 1 atom stereocenters. The largest absolute Gasteiger partial charge is 0.488 e. The number of hydrogen-bond donors (Lipinski definition) is 0. The molecule has 2 fully saturated rings. The van der Waals surface area contributed by atoms with E-state index in [-0.39, 0.29) is 11.7 Å². The zero-order valence-electron chi connectivity index (χ0n) is 17.0. The van der Waals surface area contributed by atoms with Crippen LogP contribution in [0.3, 0.4) is 0 Å². The van der Waals surface area contributed by atoms with Gasteiger partial charge in [-0.2, -0.15) is 0 Å². The molecule has 1 saturated carbocycles. The zero-order chi connectivity index (χ0) is 19.5. The zero-order valence-corrected chi connectivity index (χ0v) is 17.0. The van der Waals surface area contributed by atoms with Crippen LogP contribution in [0.5, 0.6) is 5.75 Å². The fourth-order valence-corrected chi connectivity index (χ4v) is 4.24. The van der Waals surface area contributed by atoms with Crippen molar-refractivity contribution in [2.24, 2.45) is 7.05 Å². The Balaban J connectivity index is 1.72. The normalized spacial score (nSPS) is 20.6. The average Bonchev–Trinajstić information content (AvgIpc) is 2.92. The van der Waals surface area contributed by atoms with Crippen molar-refractivity contribution in [3.05, 3.63) is 28.7 Å². The molecular formula is C22H31N3O3. The molecule has 1 aromatic carbocycles. The van der Waals surface area contributed by atoms with Crippen LogP contribution >= 0.6 is 0 Å². The lowest BCUT2D eigenvalue weighted by Gasteiger charge is -2.33. The number of aromatic nitrogens is 2. The van der Waals surface area contributed by atoms with Gasteiger partial charge < -0.3 is 18.9 Å². The van der Waals surface area contributed by atoms with Crippen molar-refractivity contribution in [3.63, 3.8) is 0 Å². The molecule has 1 saturated heterocycles. The van der Waals surface area contributed by atoms with Gasteiger partial charge in [-0.1, -0.05) is 12.8 Å². The first-order valence-corrected chi connectivity index (χ1v) is 10.7. The second kappa shape index (κ2) is 8.52. The minimum absolute atomic E-state index is 0.110. The molecule has 6 heteroatoms. The Morgan fingerprint density at radius 3 is 2.61 bits per heavy atom. The monoisotopic (exact) mass is 385 g/mol. The molecule has 2 heterocycles. The third kappa shape index (κ3) is 4.02. The molecule has 0 amide bonds. The maximum Gasteiger partial charge on any atom is 0.269 e. The predicted octanol–water partition coefficient (Wildman–Crippen LogP) is 3.65. The number of ether oxygens (including phenoxy) is 2. The standard InChI is InChI=1S/C22H31N3O3/c1-3-25(15-18-10-11-27-18)16-12-19-22(24(2)21(26)14-23-19)20(13-16)28-17-8-6-4-5-7-9-17/h12-14,17-18H,3-11,15H2,1-2H3. The summed E-state index contributed by atoms with van der Waals surface area (Å²) in [5, 5.41) is 0. The van der Waals surface area contributed by atoms with Crippen molar-refractivity contribution in [1.82, 2.24) is 9.55 Å².